The number of primary amides is 1. The maximum absolute atomic E-state index is 10.4. The van der Waals surface area contributed by atoms with Gasteiger partial charge in [-0.25, -0.2) is 0 Å². The fourth-order valence-corrected chi connectivity index (χ4v) is 1.10. The average molecular weight is 248 g/mol. The van der Waals surface area contributed by atoms with Crippen LogP contribution in [0, 0.1) is 0 Å². The second kappa shape index (κ2) is 10.5. The molecule has 0 heterocycles. The fraction of sp³-hybridized carbons (Fsp3) is 0.909. The number of aliphatic hydroxyl groups excluding tert-OH is 1. The summed E-state index contributed by atoms with van der Waals surface area (Å²) in [5.41, 5.74) is 4.97. The van der Waals surface area contributed by atoms with Crippen LogP contribution in [0.4, 0.5) is 0 Å². The number of carbonyl (C=O) groups excluding carboxylic acids is 1. The Morgan fingerprint density at radius 3 is 2.71 bits per heavy atom. The molecule has 1 amide bonds. The van der Waals surface area contributed by atoms with Gasteiger partial charge in [0, 0.05) is 19.5 Å². The number of hydrogen-bond donors (Lipinski definition) is 3. The van der Waals surface area contributed by atoms with Crippen LogP contribution in [-0.4, -0.2) is 56.1 Å². The minimum absolute atomic E-state index is 0.194. The number of ether oxygens (including phenoxy) is 2. The van der Waals surface area contributed by atoms with Gasteiger partial charge in [-0.15, -0.1) is 0 Å². The molecule has 0 aliphatic carbocycles. The van der Waals surface area contributed by atoms with E-state index in [0.29, 0.717) is 26.3 Å². The van der Waals surface area contributed by atoms with Crippen LogP contribution in [0.2, 0.25) is 0 Å². The SMILES string of the molecule is CC(C)OCCOCC(O)CNCCC(N)=O. The van der Waals surface area contributed by atoms with Crippen LogP contribution in [0.25, 0.3) is 0 Å². The molecular formula is C11H24N2O4. The molecule has 0 radical (unpaired) electrons. The topological polar surface area (TPSA) is 93.8 Å². The normalized spacial score (nSPS) is 12.9. The molecule has 6 nitrogen and oxygen atoms in total. The highest BCUT2D eigenvalue weighted by molar-refractivity contribution is 5.73. The summed E-state index contributed by atoms with van der Waals surface area (Å²) in [5.74, 6) is -0.353. The van der Waals surface area contributed by atoms with E-state index >= 15 is 0 Å². The monoisotopic (exact) mass is 248 g/mol. The van der Waals surface area contributed by atoms with E-state index in [1.807, 2.05) is 13.8 Å². The van der Waals surface area contributed by atoms with E-state index in [9.17, 15) is 9.90 Å². The third kappa shape index (κ3) is 13.2. The summed E-state index contributed by atoms with van der Waals surface area (Å²) in [6.45, 7) is 6.03. The second-order valence-electron chi connectivity index (χ2n) is 4.07. The number of amides is 1. The zero-order valence-corrected chi connectivity index (χ0v) is 10.6. The minimum Gasteiger partial charge on any atom is -0.389 e. The van der Waals surface area contributed by atoms with Gasteiger partial charge in [-0.2, -0.15) is 0 Å². The zero-order valence-electron chi connectivity index (χ0n) is 10.6. The lowest BCUT2D eigenvalue weighted by molar-refractivity contribution is -0.117. The fourth-order valence-electron chi connectivity index (χ4n) is 1.10. The van der Waals surface area contributed by atoms with Crippen LogP contribution in [0.3, 0.4) is 0 Å². The lowest BCUT2D eigenvalue weighted by atomic mass is 10.3. The molecule has 0 aromatic carbocycles. The van der Waals surface area contributed by atoms with Crippen molar-refractivity contribution < 1.29 is 19.4 Å². The van der Waals surface area contributed by atoms with E-state index in [4.69, 9.17) is 15.2 Å². The zero-order chi connectivity index (χ0) is 13.1. The van der Waals surface area contributed by atoms with Crippen molar-refractivity contribution in [2.45, 2.75) is 32.5 Å². The molecule has 6 heteroatoms. The molecule has 0 saturated heterocycles. The maximum atomic E-state index is 10.4. The van der Waals surface area contributed by atoms with E-state index < -0.39 is 6.10 Å². The number of hydrogen-bond acceptors (Lipinski definition) is 5. The standard InChI is InChI=1S/C11H24N2O4/c1-9(2)17-6-5-16-8-10(14)7-13-4-3-11(12)15/h9-10,13-14H,3-8H2,1-2H3,(H2,12,15). The molecule has 4 N–H and O–H groups in total. The number of aliphatic hydroxyl groups is 1. The molecule has 0 aromatic heterocycles. The lowest BCUT2D eigenvalue weighted by Crippen LogP contribution is -2.32. The van der Waals surface area contributed by atoms with Gasteiger partial charge in [-0.1, -0.05) is 0 Å². The van der Waals surface area contributed by atoms with Crippen molar-refractivity contribution >= 4 is 5.91 Å². The van der Waals surface area contributed by atoms with E-state index in [1.54, 1.807) is 0 Å². The molecule has 0 aliphatic rings. The van der Waals surface area contributed by atoms with E-state index in [-0.39, 0.29) is 25.0 Å². The predicted octanol–water partition coefficient (Wildman–Crippen LogP) is -0.746. The highest BCUT2D eigenvalue weighted by Gasteiger charge is 2.04. The Hall–Kier alpha value is -0.690. The van der Waals surface area contributed by atoms with Gasteiger partial charge < -0.3 is 25.6 Å². The Morgan fingerprint density at radius 2 is 2.12 bits per heavy atom. The molecule has 1 unspecified atom stereocenters. The van der Waals surface area contributed by atoms with Gasteiger partial charge in [0.1, 0.15) is 0 Å². The van der Waals surface area contributed by atoms with Gasteiger partial charge in [0.25, 0.3) is 0 Å². The van der Waals surface area contributed by atoms with Crippen molar-refractivity contribution in [3.05, 3.63) is 0 Å². The quantitative estimate of drug-likeness (QED) is 0.418. The molecule has 0 aliphatic heterocycles. The van der Waals surface area contributed by atoms with E-state index in [1.165, 1.54) is 0 Å². The second-order valence-corrected chi connectivity index (χ2v) is 4.07. The molecule has 0 spiro atoms. The Kier molecular flexibility index (Phi) is 10.0. The molecule has 1 atom stereocenters. The predicted molar refractivity (Wildman–Crippen MR) is 64.6 cm³/mol. The van der Waals surface area contributed by atoms with Crippen LogP contribution < -0.4 is 11.1 Å². The summed E-state index contributed by atoms with van der Waals surface area (Å²) in [6.07, 6.45) is -0.114. The Labute approximate surface area is 102 Å². The number of nitrogens with two attached hydrogens (primary N) is 1. The summed E-state index contributed by atoms with van der Waals surface area (Å²) >= 11 is 0. The first-order valence-corrected chi connectivity index (χ1v) is 5.88. The summed E-state index contributed by atoms with van der Waals surface area (Å²) < 4.78 is 10.5. The minimum atomic E-state index is -0.582. The third-order valence-corrected chi connectivity index (χ3v) is 1.92. The molecule has 0 aromatic rings. The molecule has 0 fully saturated rings. The molecule has 0 bridgehead atoms. The first kappa shape index (κ1) is 16.3. The van der Waals surface area contributed by atoms with Gasteiger partial charge in [0.05, 0.1) is 32.0 Å². The van der Waals surface area contributed by atoms with Gasteiger partial charge in [0.2, 0.25) is 5.91 Å². The average Bonchev–Trinajstić information content (AvgIpc) is 2.23. The summed E-state index contributed by atoms with van der Waals surface area (Å²) in [4.78, 5) is 10.4. The Morgan fingerprint density at radius 1 is 1.41 bits per heavy atom. The third-order valence-electron chi connectivity index (χ3n) is 1.92. The number of nitrogens with one attached hydrogen (secondary N) is 1. The largest absolute Gasteiger partial charge is 0.389 e. The van der Waals surface area contributed by atoms with Crippen molar-refractivity contribution in [1.29, 1.82) is 0 Å². The number of carbonyl (C=O) groups is 1. The molecule has 17 heavy (non-hydrogen) atoms. The van der Waals surface area contributed by atoms with Crippen LogP contribution >= 0.6 is 0 Å². The smallest absolute Gasteiger partial charge is 0.218 e. The first-order valence-electron chi connectivity index (χ1n) is 5.88. The highest BCUT2D eigenvalue weighted by atomic mass is 16.5. The van der Waals surface area contributed by atoms with E-state index in [2.05, 4.69) is 5.32 Å². The molecule has 0 rings (SSSR count). The van der Waals surface area contributed by atoms with Crippen molar-refractivity contribution in [3.63, 3.8) is 0 Å². The van der Waals surface area contributed by atoms with Gasteiger partial charge in [-0.05, 0) is 13.8 Å². The molecule has 102 valence electrons. The van der Waals surface area contributed by atoms with Gasteiger partial charge >= 0.3 is 0 Å². The van der Waals surface area contributed by atoms with E-state index in [0.717, 1.165) is 0 Å². The lowest BCUT2D eigenvalue weighted by Gasteiger charge is -2.12. The highest BCUT2D eigenvalue weighted by Crippen LogP contribution is 1.89. The maximum Gasteiger partial charge on any atom is 0.218 e. The van der Waals surface area contributed by atoms with Crippen molar-refractivity contribution in [3.8, 4) is 0 Å². The summed E-state index contributed by atoms with van der Waals surface area (Å²) in [5, 5.41) is 12.4. The Balaban J connectivity index is 3.23. The van der Waals surface area contributed by atoms with Crippen LogP contribution in [0.1, 0.15) is 20.3 Å². The first-order chi connectivity index (χ1) is 8.02. The van der Waals surface area contributed by atoms with Crippen molar-refractivity contribution in [2.24, 2.45) is 5.73 Å². The summed E-state index contributed by atoms with van der Waals surface area (Å²) in [6, 6.07) is 0. The van der Waals surface area contributed by atoms with Gasteiger partial charge in [-0.3, -0.25) is 4.79 Å². The summed E-state index contributed by atoms with van der Waals surface area (Å²) in [7, 11) is 0. The Bertz CT molecular complexity index is 200. The van der Waals surface area contributed by atoms with Crippen molar-refractivity contribution in [1.82, 2.24) is 5.32 Å². The van der Waals surface area contributed by atoms with Crippen molar-refractivity contribution in [2.75, 3.05) is 32.9 Å². The van der Waals surface area contributed by atoms with Crippen LogP contribution in [0.15, 0.2) is 0 Å². The van der Waals surface area contributed by atoms with Crippen LogP contribution in [-0.2, 0) is 14.3 Å². The molecular weight excluding hydrogens is 224 g/mol. The van der Waals surface area contributed by atoms with Crippen LogP contribution in [0.5, 0.6) is 0 Å². The molecule has 0 saturated carbocycles. The van der Waals surface area contributed by atoms with Gasteiger partial charge in [0.15, 0.2) is 0 Å². The number of rotatable bonds is 11.